The first-order valence-electron chi connectivity index (χ1n) is 5.59. The molecule has 17 heavy (non-hydrogen) atoms. The Morgan fingerprint density at radius 3 is 2.94 bits per heavy atom. The maximum Gasteiger partial charge on any atom is 0.332 e. The fraction of sp³-hybridized carbons (Fsp3) is 0.385. The van der Waals surface area contributed by atoms with Crippen molar-refractivity contribution in [2.45, 2.75) is 19.4 Å². The number of nitrogens with one attached hydrogen (secondary N) is 1. The molecule has 0 aliphatic rings. The highest BCUT2D eigenvalue weighted by molar-refractivity contribution is 5.81. The van der Waals surface area contributed by atoms with E-state index < -0.39 is 5.54 Å². The lowest BCUT2D eigenvalue weighted by Crippen LogP contribution is -2.48. The van der Waals surface area contributed by atoms with E-state index in [9.17, 15) is 4.79 Å². The summed E-state index contributed by atoms with van der Waals surface area (Å²) in [6.07, 6.45) is 3.35. The first-order chi connectivity index (χ1) is 8.15. The summed E-state index contributed by atoms with van der Waals surface area (Å²) >= 11 is 0. The number of nitrogens with zero attached hydrogens (tertiary/aromatic N) is 1. The van der Waals surface area contributed by atoms with Crippen LogP contribution in [0.4, 0.5) is 0 Å². The van der Waals surface area contributed by atoms with Crippen molar-refractivity contribution in [1.29, 1.82) is 0 Å². The second kappa shape index (κ2) is 6.15. The third-order valence-corrected chi connectivity index (χ3v) is 2.46. The standard InChI is InChI=1S/C13H18N2O2/c1-4-9-15-13(3,12(16)17-5-2)11-8-6-7-10-14-11/h4,6-8,10,15H,1,5,9H2,2-3H3. The highest BCUT2D eigenvalue weighted by Crippen LogP contribution is 2.20. The van der Waals surface area contributed by atoms with Crippen LogP contribution in [0, 0.1) is 0 Å². The third kappa shape index (κ3) is 3.14. The number of carbonyl (C=O) groups is 1. The molecule has 4 heteroatoms. The van der Waals surface area contributed by atoms with E-state index in [-0.39, 0.29) is 5.97 Å². The predicted octanol–water partition coefficient (Wildman–Crippen LogP) is 1.64. The first kappa shape index (κ1) is 13.4. The maximum atomic E-state index is 12.0. The van der Waals surface area contributed by atoms with Gasteiger partial charge in [0.2, 0.25) is 0 Å². The third-order valence-electron chi connectivity index (χ3n) is 2.46. The van der Waals surface area contributed by atoms with Crippen LogP contribution in [0.2, 0.25) is 0 Å². The molecular weight excluding hydrogens is 216 g/mol. The van der Waals surface area contributed by atoms with Crippen LogP contribution < -0.4 is 5.32 Å². The van der Waals surface area contributed by atoms with Crippen molar-refractivity contribution in [1.82, 2.24) is 10.3 Å². The average Bonchev–Trinajstić information content (AvgIpc) is 2.37. The zero-order valence-corrected chi connectivity index (χ0v) is 10.3. The molecule has 1 heterocycles. The zero-order chi connectivity index (χ0) is 12.7. The number of pyridine rings is 1. The quantitative estimate of drug-likeness (QED) is 0.600. The van der Waals surface area contributed by atoms with Crippen molar-refractivity contribution in [3.63, 3.8) is 0 Å². The van der Waals surface area contributed by atoms with Gasteiger partial charge >= 0.3 is 5.97 Å². The minimum Gasteiger partial charge on any atom is -0.464 e. The summed E-state index contributed by atoms with van der Waals surface area (Å²) in [5, 5.41) is 3.09. The Balaban J connectivity index is 3.01. The minimum atomic E-state index is -0.939. The fourth-order valence-corrected chi connectivity index (χ4v) is 1.48. The lowest BCUT2D eigenvalue weighted by molar-refractivity contribution is -0.151. The summed E-state index contributed by atoms with van der Waals surface area (Å²) in [5.74, 6) is -0.333. The Morgan fingerprint density at radius 1 is 1.65 bits per heavy atom. The van der Waals surface area contributed by atoms with Gasteiger partial charge < -0.3 is 4.74 Å². The Morgan fingerprint density at radius 2 is 2.41 bits per heavy atom. The van der Waals surface area contributed by atoms with E-state index in [4.69, 9.17) is 4.74 Å². The fourth-order valence-electron chi connectivity index (χ4n) is 1.48. The number of aromatic nitrogens is 1. The first-order valence-corrected chi connectivity index (χ1v) is 5.59. The summed E-state index contributed by atoms with van der Waals surface area (Å²) in [6.45, 7) is 8.02. The molecule has 0 aliphatic heterocycles. The summed E-state index contributed by atoms with van der Waals surface area (Å²) in [6, 6.07) is 5.45. The topological polar surface area (TPSA) is 51.2 Å². The number of hydrogen-bond donors (Lipinski definition) is 1. The average molecular weight is 234 g/mol. The van der Waals surface area contributed by atoms with Crippen molar-refractivity contribution in [3.05, 3.63) is 42.7 Å². The molecule has 1 unspecified atom stereocenters. The molecule has 92 valence electrons. The van der Waals surface area contributed by atoms with Gasteiger partial charge in [-0.1, -0.05) is 12.1 Å². The molecule has 1 aromatic heterocycles. The second-order valence-corrected chi connectivity index (χ2v) is 3.73. The smallest absolute Gasteiger partial charge is 0.332 e. The predicted molar refractivity (Wildman–Crippen MR) is 66.4 cm³/mol. The molecule has 4 nitrogen and oxygen atoms in total. The molecule has 1 N–H and O–H groups in total. The van der Waals surface area contributed by atoms with Crippen molar-refractivity contribution < 1.29 is 9.53 Å². The number of ether oxygens (including phenoxy) is 1. The Kier molecular flexibility index (Phi) is 4.84. The van der Waals surface area contributed by atoms with Gasteiger partial charge in [0.05, 0.1) is 12.3 Å². The van der Waals surface area contributed by atoms with Crippen LogP contribution in [-0.2, 0) is 15.1 Å². The normalized spacial score (nSPS) is 13.8. The van der Waals surface area contributed by atoms with E-state index in [2.05, 4.69) is 16.9 Å². The van der Waals surface area contributed by atoms with E-state index in [0.29, 0.717) is 18.8 Å². The summed E-state index contributed by atoms with van der Waals surface area (Å²) in [7, 11) is 0. The number of hydrogen-bond acceptors (Lipinski definition) is 4. The molecule has 0 saturated heterocycles. The summed E-state index contributed by atoms with van der Waals surface area (Å²) in [5.41, 5.74) is -0.300. The summed E-state index contributed by atoms with van der Waals surface area (Å²) in [4.78, 5) is 16.2. The monoisotopic (exact) mass is 234 g/mol. The summed E-state index contributed by atoms with van der Waals surface area (Å²) < 4.78 is 5.08. The molecule has 0 aliphatic carbocycles. The SMILES string of the molecule is C=CCNC(C)(C(=O)OCC)c1ccccn1. The van der Waals surface area contributed by atoms with Crippen molar-refractivity contribution in [2.24, 2.45) is 0 Å². The van der Waals surface area contributed by atoms with Crippen LogP contribution in [0.25, 0.3) is 0 Å². The van der Waals surface area contributed by atoms with E-state index in [1.54, 1.807) is 32.2 Å². The molecule has 0 spiro atoms. The van der Waals surface area contributed by atoms with Crippen LogP contribution in [0.5, 0.6) is 0 Å². The van der Waals surface area contributed by atoms with Gasteiger partial charge in [-0.05, 0) is 26.0 Å². The number of rotatable bonds is 6. The zero-order valence-electron chi connectivity index (χ0n) is 10.3. The highest BCUT2D eigenvalue weighted by Gasteiger charge is 2.37. The Labute approximate surface area is 102 Å². The number of carbonyl (C=O) groups excluding carboxylic acids is 1. The largest absolute Gasteiger partial charge is 0.464 e. The van der Waals surface area contributed by atoms with Gasteiger partial charge in [0.25, 0.3) is 0 Å². The molecule has 0 aromatic carbocycles. The molecular formula is C13H18N2O2. The molecule has 1 rings (SSSR count). The molecule has 1 aromatic rings. The van der Waals surface area contributed by atoms with Gasteiger partial charge in [-0.25, -0.2) is 4.79 Å². The lowest BCUT2D eigenvalue weighted by Gasteiger charge is -2.27. The van der Waals surface area contributed by atoms with Gasteiger partial charge in [-0.2, -0.15) is 0 Å². The molecule has 0 fully saturated rings. The van der Waals surface area contributed by atoms with E-state index >= 15 is 0 Å². The van der Waals surface area contributed by atoms with Crippen LogP contribution in [-0.4, -0.2) is 24.1 Å². The van der Waals surface area contributed by atoms with Crippen LogP contribution in [0.15, 0.2) is 37.1 Å². The molecule has 0 amide bonds. The van der Waals surface area contributed by atoms with Gasteiger partial charge in [-0.3, -0.25) is 10.3 Å². The lowest BCUT2D eigenvalue weighted by atomic mass is 9.97. The maximum absolute atomic E-state index is 12.0. The minimum absolute atomic E-state index is 0.333. The second-order valence-electron chi connectivity index (χ2n) is 3.73. The Bertz CT molecular complexity index is 378. The molecule has 0 saturated carbocycles. The van der Waals surface area contributed by atoms with E-state index in [1.165, 1.54) is 0 Å². The number of esters is 1. The van der Waals surface area contributed by atoms with Crippen LogP contribution in [0.3, 0.4) is 0 Å². The van der Waals surface area contributed by atoms with Crippen LogP contribution >= 0.6 is 0 Å². The Hall–Kier alpha value is -1.68. The highest BCUT2D eigenvalue weighted by atomic mass is 16.5. The van der Waals surface area contributed by atoms with Crippen LogP contribution in [0.1, 0.15) is 19.5 Å². The van der Waals surface area contributed by atoms with Gasteiger partial charge in [0.15, 0.2) is 5.54 Å². The molecule has 1 atom stereocenters. The van der Waals surface area contributed by atoms with E-state index in [1.807, 2.05) is 12.1 Å². The van der Waals surface area contributed by atoms with Gasteiger partial charge in [0, 0.05) is 12.7 Å². The molecule has 0 bridgehead atoms. The van der Waals surface area contributed by atoms with Gasteiger partial charge in [0.1, 0.15) is 0 Å². The van der Waals surface area contributed by atoms with Crippen molar-refractivity contribution in [3.8, 4) is 0 Å². The van der Waals surface area contributed by atoms with Gasteiger partial charge in [-0.15, -0.1) is 6.58 Å². The molecule has 0 radical (unpaired) electrons. The van der Waals surface area contributed by atoms with Crippen molar-refractivity contribution in [2.75, 3.05) is 13.2 Å². The van der Waals surface area contributed by atoms with Crippen molar-refractivity contribution >= 4 is 5.97 Å². The van der Waals surface area contributed by atoms with E-state index in [0.717, 1.165) is 0 Å².